The predicted molar refractivity (Wildman–Crippen MR) is 63.2 cm³/mol. The number of halogens is 1. The van der Waals surface area contributed by atoms with Crippen LogP contribution in [-0.4, -0.2) is 35.3 Å². The Morgan fingerprint density at radius 2 is 2.35 bits per heavy atom. The van der Waals surface area contributed by atoms with E-state index in [2.05, 4.69) is 15.0 Å². The first-order chi connectivity index (χ1) is 8.10. The van der Waals surface area contributed by atoms with Crippen LogP contribution in [0.15, 0.2) is 12.3 Å². The zero-order valence-electron chi connectivity index (χ0n) is 9.31. The number of esters is 1. The van der Waals surface area contributed by atoms with Gasteiger partial charge in [-0.1, -0.05) is 11.6 Å². The summed E-state index contributed by atoms with van der Waals surface area (Å²) in [6, 6.07) is 1.74. The SMILES string of the molecule is COC(=O)c1cnc(Cl)cc1NC1CC(O)C1. The van der Waals surface area contributed by atoms with Crippen LogP contribution in [0.2, 0.25) is 5.15 Å². The Hall–Kier alpha value is -1.33. The van der Waals surface area contributed by atoms with Crippen molar-refractivity contribution in [3.63, 3.8) is 0 Å². The van der Waals surface area contributed by atoms with Crippen LogP contribution >= 0.6 is 11.6 Å². The number of ether oxygens (including phenoxy) is 1. The first-order valence-electron chi connectivity index (χ1n) is 5.28. The van der Waals surface area contributed by atoms with Crippen molar-refractivity contribution in [3.05, 3.63) is 23.0 Å². The van der Waals surface area contributed by atoms with Gasteiger partial charge in [-0.05, 0) is 18.9 Å². The first kappa shape index (κ1) is 12.1. The van der Waals surface area contributed by atoms with Crippen LogP contribution in [0.25, 0.3) is 0 Å². The molecule has 0 aliphatic heterocycles. The van der Waals surface area contributed by atoms with Crippen molar-refractivity contribution >= 4 is 23.3 Å². The molecule has 1 heterocycles. The van der Waals surface area contributed by atoms with Crippen LogP contribution in [0.5, 0.6) is 0 Å². The Morgan fingerprint density at radius 3 is 2.94 bits per heavy atom. The number of hydrogen-bond donors (Lipinski definition) is 2. The molecule has 0 bridgehead atoms. The second-order valence-corrected chi connectivity index (χ2v) is 4.40. The van der Waals surface area contributed by atoms with Gasteiger partial charge in [-0.15, -0.1) is 0 Å². The van der Waals surface area contributed by atoms with E-state index in [-0.39, 0.29) is 12.1 Å². The number of carbonyl (C=O) groups excluding carboxylic acids is 1. The van der Waals surface area contributed by atoms with E-state index in [1.54, 1.807) is 6.07 Å². The molecule has 1 aromatic heterocycles. The number of hydrogen-bond acceptors (Lipinski definition) is 5. The van der Waals surface area contributed by atoms with Crippen LogP contribution in [0.4, 0.5) is 5.69 Å². The monoisotopic (exact) mass is 256 g/mol. The molecule has 1 aromatic rings. The van der Waals surface area contributed by atoms with Gasteiger partial charge in [-0.25, -0.2) is 9.78 Å². The minimum atomic E-state index is -0.462. The van der Waals surface area contributed by atoms with E-state index in [1.165, 1.54) is 13.3 Å². The van der Waals surface area contributed by atoms with E-state index >= 15 is 0 Å². The van der Waals surface area contributed by atoms with Gasteiger partial charge in [0.1, 0.15) is 10.7 Å². The van der Waals surface area contributed by atoms with E-state index in [0.29, 0.717) is 29.2 Å². The fourth-order valence-corrected chi connectivity index (χ4v) is 1.91. The number of pyridine rings is 1. The molecule has 0 atom stereocenters. The zero-order valence-corrected chi connectivity index (χ0v) is 10.1. The van der Waals surface area contributed by atoms with Gasteiger partial charge in [0.25, 0.3) is 0 Å². The van der Waals surface area contributed by atoms with Crippen molar-refractivity contribution in [2.75, 3.05) is 12.4 Å². The molecular formula is C11H13ClN2O3. The Balaban J connectivity index is 2.18. The lowest BCUT2D eigenvalue weighted by atomic mass is 9.89. The van der Waals surface area contributed by atoms with Crippen molar-refractivity contribution in [1.29, 1.82) is 0 Å². The van der Waals surface area contributed by atoms with E-state index in [0.717, 1.165) is 0 Å². The second-order valence-electron chi connectivity index (χ2n) is 4.01. The Kier molecular flexibility index (Phi) is 3.49. The number of anilines is 1. The molecule has 1 aliphatic carbocycles. The summed E-state index contributed by atoms with van der Waals surface area (Å²) < 4.78 is 4.66. The molecule has 0 saturated heterocycles. The third-order valence-corrected chi connectivity index (χ3v) is 2.96. The van der Waals surface area contributed by atoms with Gasteiger partial charge in [0.05, 0.1) is 18.9 Å². The van der Waals surface area contributed by atoms with Gasteiger partial charge in [0, 0.05) is 12.2 Å². The van der Waals surface area contributed by atoms with E-state index in [4.69, 9.17) is 11.6 Å². The van der Waals surface area contributed by atoms with Gasteiger partial charge in [0.15, 0.2) is 0 Å². The molecule has 0 unspecified atom stereocenters. The molecule has 17 heavy (non-hydrogen) atoms. The molecule has 92 valence electrons. The minimum Gasteiger partial charge on any atom is -0.465 e. The summed E-state index contributed by atoms with van der Waals surface area (Å²) >= 11 is 5.79. The molecule has 0 aromatic carbocycles. The quantitative estimate of drug-likeness (QED) is 0.633. The van der Waals surface area contributed by atoms with Crippen LogP contribution in [0.1, 0.15) is 23.2 Å². The lowest BCUT2D eigenvalue weighted by Gasteiger charge is -2.33. The summed E-state index contributed by atoms with van der Waals surface area (Å²) in [5.74, 6) is -0.462. The molecule has 1 saturated carbocycles. The van der Waals surface area contributed by atoms with E-state index in [9.17, 15) is 9.90 Å². The Labute approximate surface area is 104 Å². The molecule has 2 N–H and O–H groups in total. The van der Waals surface area contributed by atoms with Crippen molar-refractivity contribution < 1.29 is 14.6 Å². The molecule has 0 radical (unpaired) electrons. The average molecular weight is 257 g/mol. The number of methoxy groups -OCH3 is 1. The first-order valence-corrected chi connectivity index (χ1v) is 5.66. The third kappa shape index (κ3) is 2.68. The summed E-state index contributed by atoms with van der Waals surface area (Å²) in [6.45, 7) is 0. The molecule has 5 nitrogen and oxygen atoms in total. The maximum atomic E-state index is 11.5. The van der Waals surface area contributed by atoms with E-state index < -0.39 is 5.97 Å². The fraction of sp³-hybridized carbons (Fsp3) is 0.455. The van der Waals surface area contributed by atoms with Crippen molar-refractivity contribution in [2.45, 2.75) is 25.0 Å². The summed E-state index contributed by atoms with van der Waals surface area (Å²) in [5, 5.41) is 12.7. The van der Waals surface area contributed by atoms with Crippen LogP contribution < -0.4 is 5.32 Å². The molecule has 1 aliphatic rings. The Bertz CT molecular complexity index is 433. The van der Waals surface area contributed by atoms with Gasteiger partial charge in [0.2, 0.25) is 0 Å². The van der Waals surface area contributed by atoms with Crippen molar-refractivity contribution in [3.8, 4) is 0 Å². The Morgan fingerprint density at radius 1 is 1.65 bits per heavy atom. The highest BCUT2D eigenvalue weighted by atomic mass is 35.5. The largest absolute Gasteiger partial charge is 0.465 e. The minimum absolute atomic E-state index is 0.159. The number of aliphatic hydroxyl groups is 1. The normalized spacial score (nSPS) is 22.8. The van der Waals surface area contributed by atoms with Crippen LogP contribution in [-0.2, 0) is 4.74 Å². The maximum absolute atomic E-state index is 11.5. The van der Waals surface area contributed by atoms with Crippen molar-refractivity contribution in [2.24, 2.45) is 0 Å². The topological polar surface area (TPSA) is 71.5 Å². The molecule has 0 spiro atoms. The highest BCUT2D eigenvalue weighted by Crippen LogP contribution is 2.27. The predicted octanol–water partition coefficient (Wildman–Crippen LogP) is 1.46. The third-order valence-electron chi connectivity index (χ3n) is 2.75. The summed E-state index contributed by atoms with van der Waals surface area (Å²) in [5.41, 5.74) is 0.937. The number of nitrogens with one attached hydrogen (secondary N) is 1. The number of aromatic nitrogens is 1. The number of rotatable bonds is 3. The van der Waals surface area contributed by atoms with Crippen LogP contribution in [0.3, 0.4) is 0 Å². The smallest absolute Gasteiger partial charge is 0.341 e. The van der Waals surface area contributed by atoms with Gasteiger partial charge in [-0.2, -0.15) is 0 Å². The maximum Gasteiger partial charge on any atom is 0.341 e. The molecule has 0 amide bonds. The summed E-state index contributed by atoms with van der Waals surface area (Å²) in [6.07, 6.45) is 2.46. The van der Waals surface area contributed by atoms with Crippen molar-refractivity contribution in [1.82, 2.24) is 4.98 Å². The summed E-state index contributed by atoms with van der Waals surface area (Å²) in [7, 11) is 1.31. The number of aliphatic hydroxyl groups excluding tert-OH is 1. The molecule has 2 rings (SSSR count). The summed E-state index contributed by atoms with van der Waals surface area (Å²) in [4.78, 5) is 15.4. The van der Waals surface area contributed by atoms with Crippen LogP contribution in [0, 0.1) is 0 Å². The second kappa shape index (κ2) is 4.89. The zero-order chi connectivity index (χ0) is 12.4. The van der Waals surface area contributed by atoms with E-state index in [1.807, 2.05) is 0 Å². The highest BCUT2D eigenvalue weighted by Gasteiger charge is 2.28. The molecule has 6 heteroatoms. The lowest BCUT2D eigenvalue weighted by Crippen LogP contribution is -2.39. The highest BCUT2D eigenvalue weighted by molar-refractivity contribution is 6.29. The number of nitrogens with zero attached hydrogens (tertiary/aromatic N) is 1. The average Bonchev–Trinajstić information content (AvgIpc) is 2.26. The number of carbonyl (C=O) groups is 1. The lowest BCUT2D eigenvalue weighted by molar-refractivity contribution is 0.0601. The molecule has 1 fully saturated rings. The fourth-order valence-electron chi connectivity index (χ4n) is 1.75. The molecular weight excluding hydrogens is 244 g/mol. The van der Waals surface area contributed by atoms with Gasteiger partial charge < -0.3 is 15.2 Å². The van der Waals surface area contributed by atoms with Gasteiger partial charge in [-0.3, -0.25) is 0 Å². The standard InChI is InChI=1S/C11H13ClN2O3/c1-17-11(16)8-5-13-10(12)4-9(8)14-6-2-7(15)3-6/h4-7,15H,2-3H2,1H3,(H,13,14). The van der Waals surface area contributed by atoms with Gasteiger partial charge >= 0.3 is 5.97 Å².